The molecule has 1 fully saturated rings. The quantitative estimate of drug-likeness (QED) is 0.0219. The largest absolute Gasteiger partial charge is 0.466 e. The number of hydrogen-bond acceptors (Lipinski definition) is 9. The van der Waals surface area contributed by atoms with E-state index in [9.17, 15) is 14.4 Å². The molecule has 0 N–H and O–H groups in total. The van der Waals surface area contributed by atoms with Crippen molar-refractivity contribution in [2.24, 2.45) is 28.6 Å². The summed E-state index contributed by atoms with van der Waals surface area (Å²) in [7, 11) is 0. The molecule has 1 heterocycles. The molecular formula is C52H90N2O8. The fraction of sp³-hybridized carbons (Fsp3) is 0.808. The average molecular weight is 871 g/mol. The smallest absolute Gasteiger partial charge is 0.306 e. The van der Waals surface area contributed by atoms with Gasteiger partial charge in [-0.25, -0.2) is 4.98 Å². The van der Waals surface area contributed by atoms with Crippen molar-refractivity contribution in [3.8, 4) is 0 Å². The Labute approximate surface area is 378 Å². The molecule has 0 aromatic carbocycles. The number of aromatic nitrogens is 2. The van der Waals surface area contributed by atoms with Gasteiger partial charge in [0.05, 0.1) is 19.4 Å². The van der Waals surface area contributed by atoms with E-state index >= 15 is 0 Å². The van der Waals surface area contributed by atoms with Crippen molar-refractivity contribution in [3.05, 3.63) is 42.0 Å². The van der Waals surface area contributed by atoms with Crippen LogP contribution < -0.4 is 0 Å². The summed E-state index contributed by atoms with van der Waals surface area (Å²) < 4.78 is 32.0. The van der Waals surface area contributed by atoms with Gasteiger partial charge in [-0.05, 0) is 134 Å². The Hall–Kier alpha value is -2.98. The van der Waals surface area contributed by atoms with Gasteiger partial charge in [-0.1, -0.05) is 84.6 Å². The normalized spacial score (nSPS) is 18.6. The Balaban J connectivity index is 1.77. The molecule has 0 saturated heterocycles. The van der Waals surface area contributed by atoms with Crippen LogP contribution in [0.3, 0.4) is 0 Å². The van der Waals surface area contributed by atoms with Gasteiger partial charge in [0.25, 0.3) is 0 Å². The summed E-state index contributed by atoms with van der Waals surface area (Å²) in [5.41, 5.74) is 2.69. The third-order valence-electron chi connectivity index (χ3n) is 13.6. The van der Waals surface area contributed by atoms with Crippen molar-refractivity contribution < 1.29 is 38.1 Å². The minimum Gasteiger partial charge on any atom is -0.466 e. The molecule has 1 aliphatic rings. The van der Waals surface area contributed by atoms with Crippen LogP contribution in [0.1, 0.15) is 198 Å². The fourth-order valence-electron chi connectivity index (χ4n) is 8.12. The molecule has 5 unspecified atom stereocenters. The fourth-order valence-corrected chi connectivity index (χ4v) is 8.12. The molecule has 356 valence electrons. The molecule has 1 aliphatic carbocycles. The van der Waals surface area contributed by atoms with E-state index in [1.54, 1.807) is 12.5 Å². The van der Waals surface area contributed by atoms with E-state index in [1.165, 1.54) is 11.1 Å². The first-order valence-corrected chi connectivity index (χ1v) is 24.4. The van der Waals surface area contributed by atoms with E-state index in [0.29, 0.717) is 82.6 Å². The third kappa shape index (κ3) is 23.1. The zero-order chi connectivity index (χ0) is 46.0. The van der Waals surface area contributed by atoms with Crippen LogP contribution in [-0.4, -0.2) is 65.8 Å². The molecule has 10 nitrogen and oxygen atoms in total. The van der Waals surface area contributed by atoms with Gasteiger partial charge in [0.1, 0.15) is 12.2 Å². The maximum atomic E-state index is 13.0. The summed E-state index contributed by atoms with van der Waals surface area (Å²) in [6, 6.07) is 0. The van der Waals surface area contributed by atoms with Gasteiger partial charge in [-0.3, -0.25) is 14.4 Å². The van der Waals surface area contributed by atoms with E-state index in [2.05, 4.69) is 93.3 Å². The van der Waals surface area contributed by atoms with Crippen molar-refractivity contribution >= 4 is 17.9 Å². The molecular weight excluding hydrogens is 781 g/mol. The lowest BCUT2D eigenvalue weighted by Crippen LogP contribution is -2.38. The highest BCUT2D eigenvalue weighted by Crippen LogP contribution is 2.56. The standard InChI is InChI=1S/C52H90N2O8/c1-40(2)20-16-22-42(5)30-36-59-50(60-37-31-43(6)23-17-21-41(3)4)29-28-47(55)58-35-15-13-12-14-24-45(61-48(56)27-19-33-54-34-32-53-39-54)25-18-26-49(57)62-46-38-44(7)51(8,9)52(46,10)11/h20-21,32,34,39,42-46,50H,12-19,22-31,33,35-38H2,1-11H3. The molecule has 1 saturated carbocycles. The summed E-state index contributed by atoms with van der Waals surface area (Å²) in [5.74, 6) is 0.976. The van der Waals surface area contributed by atoms with Crippen molar-refractivity contribution in [2.75, 3.05) is 19.8 Å². The number of esters is 3. The zero-order valence-electron chi connectivity index (χ0n) is 41.3. The minimum atomic E-state index is -0.419. The maximum Gasteiger partial charge on any atom is 0.306 e. The molecule has 0 radical (unpaired) electrons. The number of imidazole rings is 1. The van der Waals surface area contributed by atoms with Gasteiger partial charge in [0.2, 0.25) is 0 Å². The van der Waals surface area contributed by atoms with E-state index in [4.69, 9.17) is 23.7 Å². The van der Waals surface area contributed by atoms with Crippen molar-refractivity contribution in [1.82, 2.24) is 9.55 Å². The van der Waals surface area contributed by atoms with Crippen LogP contribution in [0.4, 0.5) is 0 Å². The lowest BCUT2D eigenvalue weighted by atomic mass is 9.67. The minimum absolute atomic E-state index is 0.0820. The molecule has 2 rings (SSSR count). The van der Waals surface area contributed by atoms with E-state index in [-0.39, 0.29) is 47.4 Å². The number of hydrogen-bond donors (Lipinski definition) is 0. The van der Waals surface area contributed by atoms with Gasteiger partial charge >= 0.3 is 17.9 Å². The Morgan fingerprint density at radius 2 is 1.29 bits per heavy atom. The van der Waals surface area contributed by atoms with Crippen LogP contribution in [0.25, 0.3) is 0 Å². The van der Waals surface area contributed by atoms with Crippen LogP contribution in [0.15, 0.2) is 42.0 Å². The van der Waals surface area contributed by atoms with Gasteiger partial charge < -0.3 is 28.3 Å². The van der Waals surface area contributed by atoms with Crippen molar-refractivity contribution in [1.29, 1.82) is 0 Å². The Morgan fingerprint density at radius 1 is 0.694 bits per heavy atom. The number of allylic oxidation sites excluding steroid dienone is 4. The maximum absolute atomic E-state index is 13.0. The number of ether oxygens (including phenoxy) is 5. The number of rotatable bonds is 34. The summed E-state index contributed by atoms with van der Waals surface area (Å²) in [6.07, 6.45) is 23.9. The zero-order valence-corrected chi connectivity index (χ0v) is 41.3. The Bertz CT molecular complexity index is 1410. The predicted octanol–water partition coefficient (Wildman–Crippen LogP) is 12.9. The highest BCUT2D eigenvalue weighted by Gasteiger charge is 2.54. The predicted molar refractivity (Wildman–Crippen MR) is 250 cm³/mol. The van der Waals surface area contributed by atoms with Crippen LogP contribution in [0.5, 0.6) is 0 Å². The Kier molecular flexibility index (Phi) is 26.9. The SMILES string of the molecule is CC(C)=CCCC(C)CCOC(CCC(=O)OCCCCCCC(CCCC(=O)OC1CC(C)C(C)(C)C1(C)C)OC(=O)CCCn1ccnc1)OCCC(C)CCC=C(C)C. The molecule has 10 heteroatoms. The number of carbonyl (C=O) groups excluding carboxylic acids is 3. The number of carbonyl (C=O) groups is 3. The second-order valence-corrected chi connectivity index (χ2v) is 20.1. The molecule has 62 heavy (non-hydrogen) atoms. The van der Waals surface area contributed by atoms with Gasteiger partial charge in [0.15, 0.2) is 6.29 Å². The number of unbranched alkanes of at least 4 members (excludes halogenated alkanes) is 3. The lowest BCUT2D eigenvalue weighted by Gasteiger charge is -2.40. The first-order valence-electron chi connectivity index (χ1n) is 24.4. The molecule has 1 aromatic heterocycles. The summed E-state index contributed by atoms with van der Waals surface area (Å²) >= 11 is 0. The lowest BCUT2D eigenvalue weighted by molar-refractivity contribution is -0.161. The molecule has 0 spiro atoms. The summed E-state index contributed by atoms with van der Waals surface area (Å²) in [5, 5.41) is 0. The molecule has 0 bridgehead atoms. The van der Waals surface area contributed by atoms with Crippen LogP contribution >= 0.6 is 0 Å². The van der Waals surface area contributed by atoms with Crippen LogP contribution in [0, 0.1) is 28.6 Å². The molecule has 0 amide bonds. The van der Waals surface area contributed by atoms with Gasteiger partial charge in [0, 0.05) is 56.8 Å². The molecule has 0 aliphatic heterocycles. The topological polar surface area (TPSA) is 115 Å². The average Bonchev–Trinajstić information content (AvgIpc) is 3.76. The number of nitrogens with zero attached hydrogens (tertiary/aromatic N) is 2. The van der Waals surface area contributed by atoms with Crippen molar-refractivity contribution in [2.45, 2.75) is 223 Å². The van der Waals surface area contributed by atoms with Gasteiger partial charge in [-0.2, -0.15) is 0 Å². The first kappa shape index (κ1) is 55.2. The Morgan fingerprint density at radius 3 is 1.85 bits per heavy atom. The summed E-state index contributed by atoms with van der Waals surface area (Å²) in [6.45, 7) is 26.6. The highest BCUT2D eigenvalue weighted by atomic mass is 16.7. The summed E-state index contributed by atoms with van der Waals surface area (Å²) in [4.78, 5) is 42.7. The van der Waals surface area contributed by atoms with Gasteiger partial charge in [-0.15, -0.1) is 0 Å². The molecule has 1 aromatic rings. The monoisotopic (exact) mass is 871 g/mol. The van der Waals surface area contributed by atoms with Crippen LogP contribution in [0.2, 0.25) is 0 Å². The first-order chi connectivity index (χ1) is 29.4. The van der Waals surface area contributed by atoms with E-state index in [1.807, 2.05) is 10.8 Å². The second kappa shape index (κ2) is 30.2. The molecule has 5 atom stereocenters. The number of aryl methyl sites for hydroxylation is 1. The third-order valence-corrected chi connectivity index (χ3v) is 13.6. The second-order valence-electron chi connectivity index (χ2n) is 20.1. The highest BCUT2D eigenvalue weighted by molar-refractivity contribution is 5.70. The van der Waals surface area contributed by atoms with Crippen LogP contribution in [-0.2, 0) is 44.6 Å². The van der Waals surface area contributed by atoms with Crippen molar-refractivity contribution in [3.63, 3.8) is 0 Å². The van der Waals surface area contributed by atoms with E-state index < -0.39 is 6.29 Å². The van der Waals surface area contributed by atoms with E-state index in [0.717, 1.165) is 77.0 Å².